The van der Waals surface area contributed by atoms with Crippen LogP contribution in [0.25, 0.3) is 0 Å². The number of aromatic nitrogens is 2. The van der Waals surface area contributed by atoms with Crippen LogP contribution in [0.2, 0.25) is 0 Å². The Morgan fingerprint density at radius 1 is 1.35 bits per heavy atom. The Balaban J connectivity index is 1.86. The van der Waals surface area contributed by atoms with Gasteiger partial charge in [0, 0.05) is 30.7 Å². The minimum Gasteiger partial charge on any atom is -0.478 e. The van der Waals surface area contributed by atoms with E-state index in [1.54, 1.807) is 6.20 Å². The van der Waals surface area contributed by atoms with Gasteiger partial charge >= 0.3 is 0 Å². The zero-order chi connectivity index (χ0) is 14.2. The van der Waals surface area contributed by atoms with Gasteiger partial charge < -0.3 is 14.4 Å². The Labute approximate surface area is 128 Å². The molecule has 0 bridgehead atoms. The summed E-state index contributed by atoms with van der Waals surface area (Å²) >= 11 is 3.38. The molecule has 2 rings (SSSR count). The van der Waals surface area contributed by atoms with E-state index in [1.807, 2.05) is 6.07 Å². The predicted octanol–water partition coefficient (Wildman–Crippen LogP) is 2.65. The lowest BCUT2D eigenvalue weighted by atomic mass is 10.1. The summed E-state index contributed by atoms with van der Waals surface area (Å²) in [7, 11) is 0. The molecule has 1 aliphatic rings. The van der Waals surface area contributed by atoms with Gasteiger partial charge in [-0.15, -0.1) is 0 Å². The molecule has 1 fully saturated rings. The summed E-state index contributed by atoms with van der Waals surface area (Å²) in [4.78, 5) is 11.0. The Morgan fingerprint density at radius 3 is 2.85 bits per heavy atom. The SMILES string of the molecule is CCCOc1ccnc(N2CCC(OCCBr)CC2)n1. The summed E-state index contributed by atoms with van der Waals surface area (Å²) in [5.41, 5.74) is 0. The number of nitrogens with zero attached hydrogens (tertiary/aromatic N) is 3. The number of hydrogen-bond acceptors (Lipinski definition) is 5. The maximum Gasteiger partial charge on any atom is 0.228 e. The molecular formula is C14H22BrN3O2. The average Bonchev–Trinajstić information content (AvgIpc) is 2.52. The number of rotatable bonds is 7. The first kappa shape index (κ1) is 15.5. The highest BCUT2D eigenvalue weighted by atomic mass is 79.9. The van der Waals surface area contributed by atoms with E-state index in [1.165, 1.54) is 0 Å². The summed E-state index contributed by atoms with van der Waals surface area (Å²) in [6.45, 7) is 5.43. The van der Waals surface area contributed by atoms with Crippen molar-refractivity contribution in [3.05, 3.63) is 12.3 Å². The van der Waals surface area contributed by atoms with Crippen LogP contribution in [0.3, 0.4) is 0 Å². The zero-order valence-corrected chi connectivity index (χ0v) is 13.5. The normalized spacial score (nSPS) is 16.4. The van der Waals surface area contributed by atoms with Crippen molar-refractivity contribution in [2.45, 2.75) is 32.3 Å². The van der Waals surface area contributed by atoms with Crippen LogP contribution >= 0.6 is 15.9 Å². The molecule has 1 aromatic heterocycles. The predicted molar refractivity (Wildman–Crippen MR) is 82.8 cm³/mol. The summed E-state index contributed by atoms with van der Waals surface area (Å²) < 4.78 is 11.3. The van der Waals surface area contributed by atoms with E-state index in [0.717, 1.165) is 50.2 Å². The molecule has 0 spiro atoms. The lowest BCUT2D eigenvalue weighted by Crippen LogP contribution is -2.38. The molecular weight excluding hydrogens is 322 g/mol. The molecule has 0 radical (unpaired) electrons. The van der Waals surface area contributed by atoms with Gasteiger partial charge in [0.1, 0.15) is 0 Å². The molecule has 0 unspecified atom stereocenters. The molecule has 0 saturated carbocycles. The van der Waals surface area contributed by atoms with E-state index in [2.05, 4.69) is 37.7 Å². The average molecular weight is 344 g/mol. The Morgan fingerprint density at radius 2 is 2.15 bits per heavy atom. The van der Waals surface area contributed by atoms with Gasteiger partial charge in [-0.25, -0.2) is 4.98 Å². The quantitative estimate of drug-likeness (QED) is 0.712. The fraction of sp³-hybridized carbons (Fsp3) is 0.714. The van der Waals surface area contributed by atoms with E-state index in [4.69, 9.17) is 9.47 Å². The van der Waals surface area contributed by atoms with Crippen LogP contribution in [0.5, 0.6) is 5.88 Å². The number of alkyl halides is 1. The highest BCUT2D eigenvalue weighted by Gasteiger charge is 2.21. The van der Waals surface area contributed by atoms with Crippen LogP contribution in [-0.4, -0.2) is 47.7 Å². The summed E-state index contributed by atoms with van der Waals surface area (Å²) in [6.07, 6.45) is 5.16. The third kappa shape index (κ3) is 4.59. The van der Waals surface area contributed by atoms with Crippen LogP contribution in [0.4, 0.5) is 5.95 Å². The highest BCUT2D eigenvalue weighted by molar-refractivity contribution is 9.09. The van der Waals surface area contributed by atoms with Gasteiger partial charge in [0.25, 0.3) is 0 Å². The number of ether oxygens (including phenoxy) is 2. The van der Waals surface area contributed by atoms with Gasteiger partial charge in [-0.05, 0) is 19.3 Å². The van der Waals surface area contributed by atoms with Crippen molar-refractivity contribution in [3.63, 3.8) is 0 Å². The largest absolute Gasteiger partial charge is 0.478 e. The summed E-state index contributed by atoms with van der Waals surface area (Å²) in [5, 5.41) is 0.896. The third-order valence-corrected chi connectivity index (χ3v) is 3.55. The van der Waals surface area contributed by atoms with Crippen LogP contribution in [0.1, 0.15) is 26.2 Å². The van der Waals surface area contributed by atoms with Crippen molar-refractivity contribution in [1.29, 1.82) is 0 Å². The molecule has 0 aliphatic carbocycles. The van der Waals surface area contributed by atoms with E-state index < -0.39 is 0 Å². The van der Waals surface area contributed by atoms with Gasteiger partial charge in [-0.1, -0.05) is 22.9 Å². The fourth-order valence-electron chi connectivity index (χ4n) is 2.21. The lowest BCUT2D eigenvalue weighted by molar-refractivity contribution is 0.0479. The minimum absolute atomic E-state index is 0.364. The molecule has 0 N–H and O–H groups in total. The topological polar surface area (TPSA) is 47.5 Å². The van der Waals surface area contributed by atoms with E-state index in [0.29, 0.717) is 18.6 Å². The maximum atomic E-state index is 5.75. The monoisotopic (exact) mass is 343 g/mol. The third-order valence-electron chi connectivity index (χ3n) is 3.23. The molecule has 1 aromatic rings. The molecule has 112 valence electrons. The molecule has 5 nitrogen and oxygen atoms in total. The smallest absolute Gasteiger partial charge is 0.228 e. The van der Waals surface area contributed by atoms with Crippen LogP contribution in [0, 0.1) is 0 Å². The fourth-order valence-corrected chi connectivity index (χ4v) is 2.39. The molecule has 1 saturated heterocycles. The number of halogens is 1. The standard InChI is InChI=1S/C14H22BrN3O2/c1-2-10-20-13-3-7-16-14(17-13)18-8-4-12(5-9-18)19-11-6-15/h3,7,12H,2,4-6,8-11H2,1H3. The van der Waals surface area contributed by atoms with Crippen LogP contribution in [-0.2, 0) is 4.74 Å². The second kappa shape index (κ2) is 8.42. The highest BCUT2D eigenvalue weighted by Crippen LogP contribution is 2.19. The lowest BCUT2D eigenvalue weighted by Gasteiger charge is -2.31. The van der Waals surface area contributed by atoms with Gasteiger partial charge in [0.2, 0.25) is 11.8 Å². The van der Waals surface area contributed by atoms with Crippen LogP contribution in [0.15, 0.2) is 12.3 Å². The van der Waals surface area contributed by atoms with Crippen molar-refractivity contribution in [1.82, 2.24) is 9.97 Å². The second-order valence-electron chi connectivity index (χ2n) is 4.79. The van der Waals surface area contributed by atoms with Gasteiger partial charge in [0.15, 0.2) is 0 Å². The molecule has 0 amide bonds. The minimum atomic E-state index is 0.364. The molecule has 20 heavy (non-hydrogen) atoms. The van der Waals surface area contributed by atoms with Crippen molar-refractivity contribution in [3.8, 4) is 5.88 Å². The van der Waals surface area contributed by atoms with E-state index >= 15 is 0 Å². The van der Waals surface area contributed by atoms with E-state index in [9.17, 15) is 0 Å². The Hall–Kier alpha value is -0.880. The second-order valence-corrected chi connectivity index (χ2v) is 5.58. The van der Waals surface area contributed by atoms with Crippen molar-refractivity contribution in [2.75, 3.05) is 36.5 Å². The zero-order valence-electron chi connectivity index (χ0n) is 11.9. The molecule has 0 aromatic carbocycles. The molecule has 6 heteroatoms. The molecule has 0 atom stereocenters. The van der Waals surface area contributed by atoms with Gasteiger partial charge in [-0.3, -0.25) is 0 Å². The Kier molecular flexibility index (Phi) is 6.53. The Bertz CT molecular complexity index is 398. The number of hydrogen-bond donors (Lipinski definition) is 0. The first-order chi connectivity index (χ1) is 9.83. The number of anilines is 1. The van der Waals surface area contributed by atoms with Crippen molar-refractivity contribution >= 4 is 21.9 Å². The summed E-state index contributed by atoms with van der Waals surface area (Å²) in [6, 6.07) is 1.81. The van der Waals surface area contributed by atoms with Crippen LogP contribution < -0.4 is 9.64 Å². The maximum absolute atomic E-state index is 5.75. The van der Waals surface area contributed by atoms with Crippen molar-refractivity contribution in [2.24, 2.45) is 0 Å². The first-order valence-electron chi connectivity index (χ1n) is 7.22. The summed E-state index contributed by atoms with van der Waals surface area (Å²) in [5.74, 6) is 1.42. The molecule has 2 heterocycles. The molecule has 1 aliphatic heterocycles. The van der Waals surface area contributed by atoms with Gasteiger partial charge in [-0.2, -0.15) is 4.98 Å². The first-order valence-corrected chi connectivity index (χ1v) is 8.34. The van der Waals surface area contributed by atoms with Crippen molar-refractivity contribution < 1.29 is 9.47 Å². The number of piperidine rings is 1. The van der Waals surface area contributed by atoms with E-state index in [-0.39, 0.29) is 0 Å². The van der Waals surface area contributed by atoms with Gasteiger partial charge in [0.05, 0.1) is 19.3 Å².